The van der Waals surface area contributed by atoms with Crippen molar-refractivity contribution in [2.45, 2.75) is 32.4 Å². The first-order chi connectivity index (χ1) is 13.0. The number of ether oxygens (including phenoxy) is 2. The van der Waals surface area contributed by atoms with E-state index in [0.29, 0.717) is 36.8 Å². The number of nitrogens with zero attached hydrogens (tertiary/aromatic N) is 3. The van der Waals surface area contributed by atoms with Crippen LogP contribution in [0, 0.1) is 6.92 Å². The molecule has 1 amide bonds. The normalized spacial score (nSPS) is 19.7. The molecule has 2 atom stereocenters. The second kappa shape index (κ2) is 8.49. The number of thiazole rings is 1. The van der Waals surface area contributed by atoms with Crippen molar-refractivity contribution < 1.29 is 19.1 Å². The van der Waals surface area contributed by atoms with Crippen molar-refractivity contribution in [1.82, 2.24) is 20.3 Å². The Balaban J connectivity index is 1.62. The molecule has 1 aliphatic heterocycles. The second-order valence-electron chi connectivity index (χ2n) is 6.23. The minimum absolute atomic E-state index is 0.131. The van der Waals surface area contributed by atoms with E-state index in [9.17, 15) is 9.59 Å². The van der Waals surface area contributed by atoms with Gasteiger partial charge < -0.3 is 24.7 Å². The van der Waals surface area contributed by atoms with Gasteiger partial charge in [-0.3, -0.25) is 4.79 Å². The maximum Gasteiger partial charge on any atom is 0.350 e. The van der Waals surface area contributed by atoms with Crippen molar-refractivity contribution in [3.8, 4) is 0 Å². The zero-order valence-corrected chi connectivity index (χ0v) is 16.3. The molecule has 0 aliphatic carbocycles. The number of imidazole rings is 1. The van der Waals surface area contributed by atoms with Crippen LogP contribution in [-0.2, 0) is 9.47 Å². The lowest BCUT2D eigenvalue weighted by Crippen LogP contribution is -2.55. The van der Waals surface area contributed by atoms with Crippen molar-refractivity contribution in [2.75, 3.05) is 31.7 Å². The number of piperidine rings is 1. The molecule has 27 heavy (non-hydrogen) atoms. The van der Waals surface area contributed by atoms with Crippen LogP contribution in [0.3, 0.4) is 0 Å². The number of carbonyl (C=O) groups is 2. The summed E-state index contributed by atoms with van der Waals surface area (Å²) in [6.45, 7) is 5.20. The summed E-state index contributed by atoms with van der Waals surface area (Å²) in [4.78, 5) is 38.0. The van der Waals surface area contributed by atoms with E-state index in [1.54, 1.807) is 20.2 Å². The summed E-state index contributed by atoms with van der Waals surface area (Å²) in [6.07, 6.45) is 3.65. The smallest absolute Gasteiger partial charge is 0.350 e. The molecule has 1 saturated heterocycles. The second-order valence-corrected chi connectivity index (χ2v) is 7.24. The third-order valence-electron chi connectivity index (χ3n) is 4.34. The lowest BCUT2D eigenvalue weighted by atomic mass is 10.0. The fourth-order valence-electron chi connectivity index (χ4n) is 2.97. The predicted octanol–water partition coefficient (Wildman–Crippen LogP) is 1.38. The maximum absolute atomic E-state index is 12.3. The summed E-state index contributed by atoms with van der Waals surface area (Å²) in [5.41, 5.74) is 0.833. The molecule has 0 radical (unpaired) electrons. The van der Waals surface area contributed by atoms with E-state index in [1.165, 1.54) is 17.5 Å². The van der Waals surface area contributed by atoms with E-state index in [-0.39, 0.29) is 24.0 Å². The zero-order valence-electron chi connectivity index (χ0n) is 15.5. The Hall–Kier alpha value is -2.46. The molecule has 2 N–H and O–H groups in total. The SMILES string of the molecule is CCOC(=O)c1cnc(N2CC[C@H](NC(=O)c3ncc(C)[nH]3)[C@H](OC)C2)s1. The highest BCUT2D eigenvalue weighted by molar-refractivity contribution is 7.17. The Morgan fingerprint density at radius 2 is 2.22 bits per heavy atom. The van der Waals surface area contributed by atoms with Crippen molar-refractivity contribution in [3.05, 3.63) is 28.8 Å². The topological polar surface area (TPSA) is 109 Å². The van der Waals surface area contributed by atoms with Gasteiger partial charge in [-0.2, -0.15) is 0 Å². The maximum atomic E-state index is 12.3. The number of carbonyl (C=O) groups excluding carboxylic acids is 2. The average Bonchev–Trinajstić information content (AvgIpc) is 3.31. The third kappa shape index (κ3) is 4.45. The minimum atomic E-state index is -0.361. The summed E-state index contributed by atoms with van der Waals surface area (Å²) >= 11 is 1.30. The monoisotopic (exact) mass is 393 g/mol. The van der Waals surface area contributed by atoms with Crippen LogP contribution in [0.1, 0.15) is 39.3 Å². The predicted molar refractivity (Wildman–Crippen MR) is 100 cm³/mol. The van der Waals surface area contributed by atoms with Crippen LogP contribution in [0.25, 0.3) is 0 Å². The molecular formula is C17H23N5O4S. The molecule has 0 bridgehead atoms. The molecule has 0 unspecified atom stereocenters. The van der Waals surface area contributed by atoms with E-state index in [1.807, 2.05) is 6.92 Å². The van der Waals surface area contributed by atoms with Crippen LogP contribution in [-0.4, -0.2) is 65.8 Å². The van der Waals surface area contributed by atoms with Gasteiger partial charge in [0.1, 0.15) is 4.88 Å². The van der Waals surface area contributed by atoms with Gasteiger partial charge in [-0.1, -0.05) is 11.3 Å². The number of aromatic nitrogens is 3. The fraction of sp³-hybridized carbons (Fsp3) is 0.529. The molecule has 2 aromatic rings. The number of methoxy groups -OCH3 is 1. The Morgan fingerprint density at radius 3 is 2.89 bits per heavy atom. The van der Waals surface area contributed by atoms with Crippen LogP contribution >= 0.6 is 11.3 Å². The van der Waals surface area contributed by atoms with Gasteiger partial charge in [-0.15, -0.1) is 0 Å². The van der Waals surface area contributed by atoms with Gasteiger partial charge >= 0.3 is 5.97 Å². The lowest BCUT2D eigenvalue weighted by molar-refractivity contribution is 0.0530. The van der Waals surface area contributed by atoms with Crippen LogP contribution in [0.2, 0.25) is 0 Å². The number of rotatable bonds is 6. The highest BCUT2D eigenvalue weighted by Crippen LogP contribution is 2.27. The number of hydrogen-bond acceptors (Lipinski definition) is 8. The van der Waals surface area contributed by atoms with Crippen LogP contribution in [0.5, 0.6) is 0 Å². The number of hydrogen-bond donors (Lipinski definition) is 2. The molecule has 9 nitrogen and oxygen atoms in total. The number of H-pyrrole nitrogens is 1. The van der Waals surface area contributed by atoms with Gasteiger partial charge in [0.2, 0.25) is 0 Å². The van der Waals surface area contributed by atoms with Gasteiger partial charge in [0.05, 0.1) is 24.9 Å². The quantitative estimate of drug-likeness (QED) is 0.714. The summed E-state index contributed by atoms with van der Waals surface area (Å²) in [5, 5.41) is 3.73. The molecule has 3 rings (SSSR count). The standard InChI is InChI=1S/C17H23N5O4S/c1-4-26-16(24)13-8-19-17(27-13)22-6-5-11(12(9-22)25-3)21-15(23)14-18-7-10(2)20-14/h7-8,11-12H,4-6,9H2,1-3H3,(H,18,20)(H,21,23)/t11-,12+/m0/s1. The molecule has 10 heteroatoms. The summed E-state index contributed by atoms with van der Waals surface area (Å²) in [5.74, 6) is -0.313. The number of nitrogens with one attached hydrogen (secondary N) is 2. The zero-order chi connectivity index (χ0) is 19.4. The number of aromatic amines is 1. The van der Waals surface area contributed by atoms with Gasteiger partial charge in [-0.25, -0.2) is 14.8 Å². The largest absolute Gasteiger partial charge is 0.462 e. The molecular weight excluding hydrogens is 370 g/mol. The molecule has 3 heterocycles. The molecule has 0 spiro atoms. The molecule has 2 aromatic heterocycles. The molecule has 0 saturated carbocycles. The van der Waals surface area contributed by atoms with E-state index >= 15 is 0 Å². The lowest BCUT2D eigenvalue weighted by Gasteiger charge is -2.37. The Morgan fingerprint density at radius 1 is 1.41 bits per heavy atom. The van der Waals surface area contributed by atoms with Gasteiger partial charge in [-0.05, 0) is 20.3 Å². The van der Waals surface area contributed by atoms with Crippen LogP contribution in [0.4, 0.5) is 5.13 Å². The van der Waals surface area contributed by atoms with E-state index in [4.69, 9.17) is 9.47 Å². The molecule has 0 aromatic carbocycles. The first kappa shape index (κ1) is 19.3. The van der Waals surface area contributed by atoms with E-state index in [2.05, 4.69) is 25.2 Å². The van der Waals surface area contributed by atoms with Crippen molar-refractivity contribution in [3.63, 3.8) is 0 Å². The van der Waals surface area contributed by atoms with Gasteiger partial charge in [0.15, 0.2) is 11.0 Å². The summed E-state index contributed by atoms with van der Waals surface area (Å²) in [7, 11) is 1.62. The van der Waals surface area contributed by atoms with Crippen LogP contribution in [0.15, 0.2) is 12.4 Å². The summed E-state index contributed by atoms with van der Waals surface area (Å²) < 4.78 is 10.6. The Kier molecular flexibility index (Phi) is 6.07. The number of esters is 1. The van der Waals surface area contributed by atoms with E-state index in [0.717, 1.165) is 10.8 Å². The molecule has 1 fully saturated rings. The Labute approximate surface area is 161 Å². The highest BCUT2D eigenvalue weighted by atomic mass is 32.1. The number of aryl methyl sites for hydroxylation is 1. The highest BCUT2D eigenvalue weighted by Gasteiger charge is 2.32. The Bertz CT molecular complexity index is 805. The number of amides is 1. The number of anilines is 1. The average molecular weight is 393 g/mol. The fourth-order valence-corrected chi connectivity index (χ4v) is 3.81. The molecule has 146 valence electrons. The van der Waals surface area contributed by atoms with Gasteiger partial charge in [0, 0.05) is 32.1 Å². The van der Waals surface area contributed by atoms with Crippen molar-refractivity contribution in [1.29, 1.82) is 0 Å². The van der Waals surface area contributed by atoms with Crippen LogP contribution < -0.4 is 10.2 Å². The minimum Gasteiger partial charge on any atom is -0.462 e. The van der Waals surface area contributed by atoms with Gasteiger partial charge in [0.25, 0.3) is 5.91 Å². The van der Waals surface area contributed by atoms with Crippen molar-refractivity contribution in [2.24, 2.45) is 0 Å². The molecule has 1 aliphatic rings. The first-order valence-electron chi connectivity index (χ1n) is 8.75. The first-order valence-corrected chi connectivity index (χ1v) is 9.56. The van der Waals surface area contributed by atoms with Crippen molar-refractivity contribution >= 4 is 28.3 Å². The summed E-state index contributed by atoms with van der Waals surface area (Å²) in [6, 6.07) is -0.131. The van der Waals surface area contributed by atoms with E-state index < -0.39 is 0 Å². The third-order valence-corrected chi connectivity index (χ3v) is 5.38.